The number of aryl methyl sites for hydroxylation is 2. The van der Waals surface area contributed by atoms with Crippen LogP contribution < -0.4 is 0 Å². The summed E-state index contributed by atoms with van der Waals surface area (Å²) in [6, 6.07) is 5.79. The van der Waals surface area contributed by atoms with Crippen LogP contribution in [0.2, 0.25) is 0 Å². The molecule has 1 heterocycles. The Balaban J connectivity index is 2.26. The Hall–Kier alpha value is -1.16. The van der Waals surface area contributed by atoms with Crippen molar-refractivity contribution in [3.05, 3.63) is 58.5 Å². The van der Waals surface area contributed by atoms with E-state index in [1.54, 1.807) is 0 Å². The smallest absolute Gasteiger partial charge is 0.129 e. The molecule has 4 heteroatoms. The summed E-state index contributed by atoms with van der Waals surface area (Å²) in [7, 11) is 0. The van der Waals surface area contributed by atoms with Gasteiger partial charge in [0.15, 0.2) is 0 Å². The molecule has 2 rings (SSSR count). The predicted molar refractivity (Wildman–Crippen MR) is 69.9 cm³/mol. The lowest BCUT2D eigenvalue weighted by atomic mass is 10.0. The summed E-state index contributed by atoms with van der Waals surface area (Å²) >= 11 is 3.46. The maximum Gasteiger partial charge on any atom is 0.129 e. The second-order valence-electron chi connectivity index (χ2n) is 4.24. The van der Waals surface area contributed by atoms with Crippen LogP contribution in [0.5, 0.6) is 0 Å². The van der Waals surface area contributed by atoms with E-state index in [4.69, 9.17) is 4.42 Å². The van der Waals surface area contributed by atoms with Crippen molar-refractivity contribution in [3.8, 4) is 0 Å². The molecule has 0 aliphatic rings. The number of furan rings is 1. The standard InChI is InChI=1S/C14H13BrF2O/c1-8-6-10(9(2)18-8)12(15)7-11-13(16)4-3-5-14(11)17/h3-6,12H,7H2,1-2H3. The Morgan fingerprint density at radius 2 is 1.83 bits per heavy atom. The van der Waals surface area contributed by atoms with Gasteiger partial charge in [0.1, 0.15) is 23.2 Å². The van der Waals surface area contributed by atoms with E-state index in [9.17, 15) is 8.78 Å². The molecule has 96 valence electrons. The van der Waals surface area contributed by atoms with Crippen molar-refractivity contribution in [3.63, 3.8) is 0 Å². The summed E-state index contributed by atoms with van der Waals surface area (Å²) in [6.45, 7) is 3.69. The van der Waals surface area contributed by atoms with E-state index >= 15 is 0 Å². The van der Waals surface area contributed by atoms with E-state index in [-0.39, 0.29) is 16.8 Å². The summed E-state index contributed by atoms with van der Waals surface area (Å²) in [6.07, 6.45) is 0.248. The van der Waals surface area contributed by atoms with Gasteiger partial charge in [0.05, 0.1) is 0 Å². The quantitative estimate of drug-likeness (QED) is 0.738. The molecular formula is C14H13BrF2O. The second-order valence-corrected chi connectivity index (χ2v) is 5.35. The van der Waals surface area contributed by atoms with Crippen molar-refractivity contribution >= 4 is 15.9 Å². The lowest BCUT2D eigenvalue weighted by Crippen LogP contribution is -2.01. The third kappa shape index (κ3) is 2.64. The van der Waals surface area contributed by atoms with Crippen LogP contribution in [-0.2, 0) is 6.42 Å². The number of alkyl halides is 1. The molecule has 1 atom stereocenters. The Bertz CT molecular complexity index is 543. The predicted octanol–water partition coefficient (Wildman–Crippen LogP) is 4.85. The number of hydrogen-bond acceptors (Lipinski definition) is 1. The molecule has 1 nitrogen and oxygen atoms in total. The summed E-state index contributed by atoms with van der Waals surface area (Å²) in [4.78, 5) is -0.165. The van der Waals surface area contributed by atoms with Gasteiger partial charge in [-0.1, -0.05) is 22.0 Å². The molecule has 1 aromatic heterocycles. The molecule has 0 aliphatic heterocycles. The molecule has 0 N–H and O–H groups in total. The van der Waals surface area contributed by atoms with Gasteiger partial charge in [-0.15, -0.1) is 0 Å². The fraction of sp³-hybridized carbons (Fsp3) is 0.286. The fourth-order valence-electron chi connectivity index (χ4n) is 1.98. The van der Waals surface area contributed by atoms with Crippen LogP contribution in [0.25, 0.3) is 0 Å². The van der Waals surface area contributed by atoms with Gasteiger partial charge in [0.2, 0.25) is 0 Å². The highest BCUT2D eigenvalue weighted by Gasteiger charge is 2.18. The van der Waals surface area contributed by atoms with Gasteiger partial charge in [-0.2, -0.15) is 0 Å². The van der Waals surface area contributed by atoms with Crippen molar-refractivity contribution in [2.24, 2.45) is 0 Å². The minimum Gasteiger partial charge on any atom is -0.466 e. The molecule has 0 aliphatic carbocycles. The van der Waals surface area contributed by atoms with Crippen molar-refractivity contribution in [1.82, 2.24) is 0 Å². The van der Waals surface area contributed by atoms with Gasteiger partial charge in [-0.3, -0.25) is 0 Å². The van der Waals surface area contributed by atoms with E-state index in [0.717, 1.165) is 17.1 Å². The first-order chi connectivity index (χ1) is 8.49. The Morgan fingerprint density at radius 1 is 1.22 bits per heavy atom. The molecule has 0 saturated carbocycles. The molecule has 1 aromatic carbocycles. The van der Waals surface area contributed by atoms with Crippen molar-refractivity contribution in [1.29, 1.82) is 0 Å². The number of benzene rings is 1. The molecule has 0 amide bonds. The van der Waals surface area contributed by atoms with E-state index in [1.807, 2.05) is 19.9 Å². The molecule has 0 saturated heterocycles. The minimum atomic E-state index is -0.516. The molecular weight excluding hydrogens is 302 g/mol. The molecule has 18 heavy (non-hydrogen) atoms. The van der Waals surface area contributed by atoms with Crippen molar-refractivity contribution in [2.45, 2.75) is 25.1 Å². The fourth-order valence-corrected chi connectivity index (χ4v) is 2.76. The summed E-state index contributed by atoms with van der Waals surface area (Å²) in [5, 5.41) is 0. The van der Waals surface area contributed by atoms with Crippen LogP contribution in [-0.4, -0.2) is 0 Å². The van der Waals surface area contributed by atoms with E-state index in [1.165, 1.54) is 18.2 Å². The first-order valence-electron chi connectivity index (χ1n) is 5.63. The van der Waals surface area contributed by atoms with E-state index < -0.39 is 11.6 Å². The third-order valence-corrected chi connectivity index (χ3v) is 3.68. The van der Waals surface area contributed by atoms with Gasteiger partial charge in [0.25, 0.3) is 0 Å². The highest BCUT2D eigenvalue weighted by Crippen LogP contribution is 2.32. The first kappa shape index (κ1) is 13.3. The van der Waals surface area contributed by atoms with Crippen LogP contribution in [0.4, 0.5) is 8.78 Å². The molecule has 0 bridgehead atoms. The summed E-state index contributed by atoms with van der Waals surface area (Å²) < 4.78 is 32.5. The topological polar surface area (TPSA) is 13.1 Å². The average Bonchev–Trinajstić information content (AvgIpc) is 2.63. The molecule has 0 spiro atoms. The molecule has 0 radical (unpaired) electrons. The van der Waals surface area contributed by atoms with Gasteiger partial charge in [-0.25, -0.2) is 8.78 Å². The highest BCUT2D eigenvalue weighted by molar-refractivity contribution is 9.09. The van der Waals surface area contributed by atoms with Gasteiger partial charge < -0.3 is 4.42 Å². The number of hydrogen-bond donors (Lipinski definition) is 0. The Morgan fingerprint density at radius 3 is 2.33 bits per heavy atom. The van der Waals surface area contributed by atoms with Crippen molar-refractivity contribution < 1.29 is 13.2 Å². The minimum absolute atomic E-state index is 0.0950. The maximum absolute atomic E-state index is 13.5. The molecule has 2 aromatic rings. The largest absolute Gasteiger partial charge is 0.466 e. The lowest BCUT2D eigenvalue weighted by molar-refractivity contribution is 0.500. The second kappa shape index (κ2) is 5.22. The lowest BCUT2D eigenvalue weighted by Gasteiger charge is -2.10. The summed E-state index contributed by atoms with van der Waals surface area (Å²) in [5.74, 6) is 0.529. The first-order valence-corrected chi connectivity index (χ1v) is 6.54. The van der Waals surface area contributed by atoms with Crippen LogP contribution in [0.1, 0.15) is 27.5 Å². The van der Waals surface area contributed by atoms with Gasteiger partial charge >= 0.3 is 0 Å². The maximum atomic E-state index is 13.5. The number of rotatable bonds is 3. The SMILES string of the molecule is Cc1cc(C(Br)Cc2c(F)cccc2F)c(C)o1. The Kier molecular flexibility index (Phi) is 3.85. The van der Waals surface area contributed by atoms with Crippen LogP contribution in [0.15, 0.2) is 28.7 Å². The highest BCUT2D eigenvalue weighted by atomic mass is 79.9. The molecule has 1 unspecified atom stereocenters. The number of halogens is 3. The zero-order valence-electron chi connectivity index (χ0n) is 10.1. The van der Waals surface area contributed by atoms with Crippen LogP contribution >= 0.6 is 15.9 Å². The normalized spacial score (nSPS) is 12.7. The third-order valence-electron chi connectivity index (χ3n) is 2.86. The van der Waals surface area contributed by atoms with E-state index in [0.29, 0.717) is 0 Å². The zero-order valence-corrected chi connectivity index (χ0v) is 11.7. The zero-order chi connectivity index (χ0) is 13.3. The van der Waals surface area contributed by atoms with Gasteiger partial charge in [0, 0.05) is 16.0 Å². The summed E-state index contributed by atoms with van der Waals surface area (Å²) in [5.41, 5.74) is 1.02. The van der Waals surface area contributed by atoms with Gasteiger partial charge in [-0.05, 0) is 38.5 Å². The van der Waals surface area contributed by atoms with Crippen molar-refractivity contribution in [2.75, 3.05) is 0 Å². The monoisotopic (exact) mass is 314 g/mol. The van der Waals surface area contributed by atoms with Crippen LogP contribution in [0, 0.1) is 25.5 Å². The van der Waals surface area contributed by atoms with E-state index in [2.05, 4.69) is 15.9 Å². The average molecular weight is 315 g/mol. The molecule has 0 fully saturated rings. The van der Waals surface area contributed by atoms with Crippen LogP contribution in [0.3, 0.4) is 0 Å². The Labute approximate surface area is 113 Å².